The molecule has 2 N–H and O–H groups in total. The van der Waals surface area contributed by atoms with E-state index in [4.69, 9.17) is 9.47 Å². The number of guanidine groups is 1. The molecule has 0 aromatic heterocycles. The van der Waals surface area contributed by atoms with E-state index in [-0.39, 0.29) is 5.60 Å². The summed E-state index contributed by atoms with van der Waals surface area (Å²) in [6, 6.07) is 0.913. The molecule has 0 amide bonds. The third-order valence-corrected chi connectivity index (χ3v) is 4.06. The maximum Gasteiger partial charge on any atom is 0.191 e. The zero-order chi connectivity index (χ0) is 16.6. The van der Waals surface area contributed by atoms with Crippen LogP contribution in [0.25, 0.3) is 0 Å². The van der Waals surface area contributed by atoms with Gasteiger partial charge in [-0.2, -0.15) is 0 Å². The molecule has 6 nitrogen and oxygen atoms in total. The molecule has 1 fully saturated rings. The molecular weight excluding hydrogens is 280 g/mol. The van der Waals surface area contributed by atoms with Gasteiger partial charge in [-0.1, -0.05) is 0 Å². The summed E-state index contributed by atoms with van der Waals surface area (Å²) in [5.41, 5.74) is -0.243. The number of ether oxygens (including phenoxy) is 2. The molecule has 0 aromatic carbocycles. The van der Waals surface area contributed by atoms with Crippen molar-refractivity contribution >= 4 is 5.96 Å². The Bertz CT molecular complexity index is 347. The fourth-order valence-corrected chi connectivity index (χ4v) is 2.43. The fraction of sp³-hybridized carbons (Fsp3) is 0.938. The van der Waals surface area contributed by atoms with E-state index in [2.05, 4.69) is 41.3 Å². The average molecular weight is 314 g/mol. The second-order valence-corrected chi connectivity index (χ2v) is 6.55. The lowest BCUT2D eigenvalue weighted by Crippen LogP contribution is -2.53. The lowest BCUT2D eigenvalue weighted by atomic mass is 10.1. The minimum absolute atomic E-state index is 0.243. The SMILES string of the molecule is CCNC(=NCC(C)(C)OC)NCC(C)N1CCOCC1C. The smallest absolute Gasteiger partial charge is 0.191 e. The molecular formula is C16H34N4O2. The van der Waals surface area contributed by atoms with Crippen LogP contribution < -0.4 is 10.6 Å². The summed E-state index contributed by atoms with van der Waals surface area (Å²) in [5.74, 6) is 0.848. The van der Waals surface area contributed by atoms with Crippen LogP contribution in [0, 0.1) is 0 Å². The Kier molecular flexibility index (Phi) is 8.14. The standard InChI is InChI=1S/C16H34N4O2/c1-7-17-15(19-12-16(4,5)21-6)18-10-13(2)20-8-9-22-11-14(20)3/h13-14H,7-12H2,1-6H3,(H2,17,18,19). The van der Waals surface area contributed by atoms with Crippen LogP contribution in [0.1, 0.15) is 34.6 Å². The van der Waals surface area contributed by atoms with Crippen LogP contribution in [0.15, 0.2) is 4.99 Å². The second kappa shape index (κ2) is 9.33. The lowest BCUT2D eigenvalue weighted by Gasteiger charge is -2.38. The van der Waals surface area contributed by atoms with Gasteiger partial charge in [-0.25, -0.2) is 0 Å². The minimum Gasteiger partial charge on any atom is -0.379 e. The van der Waals surface area contributed by atoms with E-state index in [0.717, 1.165) is 38.8 Å². The van der Waals surface area contributed by atoms with Gasteiger partial charge >= 0.3 is 0 Å². The molecule has 0 radical (unpaired) electrons. The van der Waals surface area contributed by atoms with E-state index in [9.17, 15) is 0 Å². The molecule has 0 saturated carbocycles. The summed E-state index contributed by atoms with van der Waals surface area (Å²) in [7, 11) is 1.72. The zero-order valence-electron chi connectivity index (χ0n) is 15.1. The van der Waals surface area contributed by atoms with E-state index in [0.29, 0.717) is 18.6 Å². The first kappa shape index (κ1) is 19.2. The number of methoxy groups -OCH3 is 1. The van der Waals surface area contributed by atoms with Crippen LogP contribution in [0.2, 0.25) is 0 Å². The molecule has 2 atom stereocenters. The van der Waals surface area contributed by atoms with Gasteiger partial charge in [0, 0.05) is 38.8 Å². The normalized spacial score (nSPS) is 22.5. The van der Waals surface area contributed by atoms with Crippen molar-refractivity contribution in [2.75, 3.05) is 46.5 Å². The summed E-state index contributed by atoms with van der Waals surface area (Å²) in [4.78, 5) is 7.10. The Morgan fingerprint density at radius 2 is 2.18 bits per heavy atom. The van der Waals surface area contributed by atoms with Gasteiger partial charge in [0.2, 0.25) is 0 Å². The van der Waals surface area contributed by atoms with Crippen LogP contribution in [-0.2, 0) is 9.47 Å². The van der Waals surface area contributed by atoms with Crippen molar-refractivity contribution in [2.24, 2.45) is 4.99 Å². The molecule has 1 saturated heterocycles. The summed E-state index contributed by atoms with van der Waals surface area (Å²) < 4.78 is 10.9. The molecule has 1 aliphatic heterocycles. The summed E-state index contributed by atoms with van der Waals surface area (Å²) >= 11 is 0. The first-order valence-electron chi connectivity index (χ1n) is 8.30. The van der Waals surface area contributed by atoms with E-state index in [1.165, 1.54) is 0 Å². The van der Waals surface area contributed by atoms with Crippen molar-refractivity contribution < 1.29 is 9.47 Å². The molecule has 1 rings (SSSR count). The first-order valence-corrected chi connectivity index (χ1v) is 8.30. The Balaban J connectivity index is 2.50. The monoisotopic (exact) mass is 314 g/mol. The number of rotatable bonds is 7. The third-order valence-electron chi connectivity index (χ3n) is 4.06. The zero-order valence-corrected chi connectivity index (χ0v) is 15.1. The highest BCUT2D eigenvalue weighted by molar-refractivity contribution is 5.79. The number of morpholine rings is 1. The Labute approximate surface area is 135 Å². The second-order valence-electron chi connectivity index (χ2n) is 6.55. The van der Waals surface area contributed by atoms with Crippen molar-refractivity contribution in [3.05, 3.63) is 0 Å². The lowest BCUT2D eigenvalue weighted by molar-refractivity contribution is -0.0174. The molecule has 130 valence electrons. The molecule has 1 aliphatic rings. The van der Waals surface area contributed by atoms with Crippen LogP contribution in [0.3, 0.4) is 0 Å². The summed E-state index contributed by atoms with van der Waals surface area (Å²) in [6.07, 6.45) is 0. The van der Waals surface area contributed by atoms with Crippen LogP contribution in [-0.4, -0.2) is 75.0 Å². The molecule has 0 aromatic rings. The van der Waals surface area contributed by atoms with Crippen molar-refractivity contribution in [3.8, 4) is 0 Å². The van der Waals surface area contributed by atoms with Gasteiger partial charge in [-0.3, -0.25) is 9.89 Å². The number of hydrogen-bond donors (Lipinski definition) is 2. The Morgan fingerprint density at radius 1 is 1.45 bits per heavy atom. The fourth-order valence-electron chi connectivity index (χ4n) is 2.43. The third kappa shape index (κ3) is 6.50. The molecule has 2 unspecified atom stereocenters. The topological polar surface area (TPSA) is 58.1 Å². The number of nitrogens with zero attached hydrogens (tertiary/aromatic N) is 2. The summed E-state index contributed by atoms with van der Waals surface area (Å²) in [5, 5.41) is 6.72. The maximum atomic E-state index is 5.50. The predicted octanol–water partition coefficient (Wildman–Crippen LogP) is 1.08. The first-order chi connectivity index (χ1) is 10.4. The van der Waals surface area contributed by atoms with Gasteiger partial charge in [-0.15, -0.1) is 0 Å². The van der Waals surface area contributed by atoms with Crippen molar-refractivity contribution in [2.45, 2.75) is 52.3 Å². The van der Waals surface area contributed by atoms with E-state index in [1.54, 1.807) is 7.11 Å². The van der Waals surface area contributed by atoms with E-state index >= 15 is 0 Å². The molecule has 1 heterocycles. The van der Waals surface area contributed by atoms with Crippen molar-refractivity contribution in [1.29, 1.82) is 0 Å². The molecule has 22 heavy (non-hydrogen) atoms. The average Bonchev–Trinajstić information content (AvgIpc) is 2.50. The molecule has 0 aliphatic carbocycles. The highest BCUT2D eigenvalue weighted by atomic mass is 16.5. The molecule has 0 bridgehead atoms. The minimum atomic E-state index is -0.243. The summed E-state index contributed by atoms with van der Waals surface area (Å²) in [6.45, 7) is 15.6. The quantitative estimate of drug-likeness (QED) is 0.544. The maximum absolute atomic E-state index is 5.50. The molecule has 6 heteroatoms. The van der Waals surface area contributed by atoms with Crippen molar-refractivity contribution in [3.63, 3.8) is 0 Å². The van der Waals surface area contributed by atoms with E-state index in [1.807, 2.05) is 13.8 Å². The van der Waals surface area contributed by atoms with Gasteiger partial charge in [-0.05, 0) is 34.6 Å². The number of aliphatic imine (C=N–C) groups is 1. The van der Waals surface area contributed by atoms with Gasteiger partial charge in [0.05, 0.1) is 25.4 Å². The highest BCUT2D eigenvalue weighted by Crippen LogP contribution is 2.10. The van der Waals surface area contributed by atoms with Crippen LogP contribution in [0.5, 0.6) is 0 Å². The van der Waals surface area contributed by atoms with E-state index < -0.39 is 0 Å². The largest absolute Gasteiger partial charge is 0.379 e. The van der Waals surface area contributed by atoms with Gasteiger partial charge in [0.1, 0.15) is 0 Å². The Morgan fingerprint density at radius 3 is 2.77 bits per heavy atom. The van der Waals surface area contributed by atoms with Gasteiger partial charge in [0.25, 0.3) is 0 Å². The highest BCUT2D eigenvalue weighted by Gasteiger charge is 2.23. The number of nitrogens with one attached hydrogen (secondary N) is 2. The predicted molar refractivity (Wildman–Crippen MR) is 91.5 cm³/mol. The molecule has 0 spiro atoms. The van der Waals surface area contributed by atoms with Gasteiger partial charge in [0.15, 0.2) is 5.96 Å². The van der Waals surface area contributed by atoms with Crippen LogP contribution >= 0.6 is 0 Å². The van der Waals surface area contributed by atoms with Gasteiger partial charge < -0.3 is 20.1 Å². The van der Waals surface area contributed by atoms with Crippen LogP contribution in [0.4, 0.5) is 0 Å². The number of hydrogen-bond acceptors (Lipinski definition) is 4. The Hall–Kier alpha value is -0.850. The van der Waals surface area contributed by atoms with Crippen molar-refractivity contribution in [1.82, 2.24) is 15.5 Å².